The number of hydrogen-bond acceptors (Lipinski definition) is 1. The number of rotatable bonds is 3. The molecule has 0 atom stereocenters. The van der Waals surface area contributed by atoms with Crippen molar-refractivity contribution in [1.29, 1.82) is 0 Å². The second-order valence-corrected chi connectivity index (χ2v) is 3.63. The van der Waals surface area contributed by atoms with Gasteiger partial charge in [0, 0.05) is 17.0 Å². The maximum atomic E-state index is 13.3. The Morgan fingerprint density at radius 1 is 1.10 bits per heavy atom. The molecular formula is C12H6F6O2. The molecule has 0 spiro atoms. The van der Waals surface area contributed by atoms with Crippen molar-refractivity contribution in [2.45, 2.75) is 18.3 Å². The van der Waals surface area contributed by atoms with E-state index in [1.54, 1.807) is 5.92 Å². The zero-order valence-corrected chi connectivity index (χ0v) is 9.51. The highest BCUT2D eigenvalue weighted by Crippen LogP contribution is 2.46. The Labute approximate surface area is 109 Å². The normalized spacial score (nSPS) is 11.9. The Hall–Kier alpha value is -2.17. The maximum Gasteiger partial charge on any atom is 0.382 e. The molecule has 0 heterocycles. The highest BCUT2D eigenvalue weighted by molar-refractivity contribution is 5.87. The molecule has 0 radical (unpaired) electrons. The Morgan fingerprint density at radius 2 is 1.60 bits per heavy atom. The van der Waals surface area contributed by atoms with E-state index in [0.29, 0.717) is 12.1 Å². The van der Waals surface area contributed by atoms with Crippen LogP contribution in [-0.4, -0.2) is 23.4 Å². The van der Waals surface area contributed by atoms with Crippen LogP contribution in [-0.2, 0) is 10.7 Å². The molecule has 0 aliphatic rings. The third-order valence-electron chi connectivity index (χ3n) is 2.25. The Balaban J connectivity index is 3.11. The summed E-state index contributed by atoms with van der Waals surface area (Å²) < 4.78 is 76.0. The van der Waals surface area contributed by atoms with Crippen LogP contribution in [0.25, 0.3) is 0 Å². The van der Waals surface area contributed by atoms with Crippen molar-refractivity contribution in [3.63, 3.8) is 0 Å². The average molecular weight is 296 g/mol. The highest BCUT2D eigenvalue weighted by Gasteiger charge is 2.63. The van der Waals surface area contributed by atoms with Crippen molar-refractivity contribution in [3.05, 3.63) is 35.4 Å². The fraction of sp³-hybridized carbons (Fsp3) is 0.250. The van der Waals surface area contributed by atoms with Crippen molar-refractivity contribution in [3.8, 4) is 11.8 Å². The molecule has 20 heavy (non-hydrogen) atoms. The minimum absolute atomic E-state index is 0.0349. The standard InChI is InChI=1S/C12H6F6O2/c13-10(14)12(17,18)11(15,16)8-4-1-7(2-5-8)3-6-9(19)20/h1-2,4-5,10H,(H,19,20). The summed E-state index contributed by atoms with van der Waals surface area (Å²) in [5, 5.41) is 8.25. The molecule has 2 nitrogen and oxygen atoms in total. The van der Waals surface area contributed by atoms with Crippen molar-refractivity contribution < 1.29 is 36.2 Å². The first kappa shape index (κ1) is 15.9. The summed E-state index contributed by atoms with van der Waals surface area (Å²) in [6.45, 7) is 0. The van der Waals surface area contributed by atoms with Gasteiger partial charge in [-0.15, -0.1) is 0 Å². The zero-order chi connectivity index (χ0) is 15.6. The van der Waals surface area contributed by atoms with Crippen LogP contribution < -0.4 is 0 Å². The summed E-state index contributed by atoms with van der Waals surface area (Å²) in [7, 11) is 0. The lowest BCUT2D eigenvalue weighted by Gasteiger charge is -2.25. The monoisotopic (exact) mass is 296 g/mol. The maximum absolute atomic E-state index is 13.3. The molecule has 0 saturated heterocycles. The van der Waals surface area contributed by atoms with Crippen molar-refractivity contribution in [1.82, 2.24) is 0 Å². The molecule has 0 amide bonds. The second kappa shape index (κ2) is 5.45. The predicted octanol–water partition coefficient (Wildman–Crippen LogP) is 3.11. The molecule has 0 aliphatic carbocycles. The van der Waals surface area contributed by atoms with E-state index >= 15 is 0 Å². The van der Waals surface area contributed by atoms with Crippen molar-refractivity contribution in [2.75, 3.05) is 0 Å². The minimum atomic E-state index is -5.51. The number of carboxylic acid groups (broad SMARTS) is 1. The minimum Gasteiger partial charge on any atom is -0.472 e. The van der Waals surface area contributed by atoms with Gasteiger partial charge in [-0.1, -0.05) is 18.1 Å². The quantitative estimate of drug-likeness (QED) is 0.687. The van der Waals surface area contributed by atoms with Gasteiger partial charge in [-0.3, -0.25) is 0 Å². The van der Waals surface area contributed by atoms with E-state index in [1.807, 2.05) is 0 Å². The van der Waals surface area contributed by atoms with Crippen LogP contribution in [0, 0.1) is 11.8 Å². The smallest absolute Gasteiger partial charge is 0.382 e. The van der Waals surface area contributed by atoms with Crippen LogP contribution in [0.4, 0.5) is 26.3 Å². The van der Waals surface area contributed by atoms with E-state index in [2.05, 4.69) is 5.92 Å². The van der Waals surface area contributed by atoms with E-state index in [1.165, 1.54) is 0 Å². The largest absolute Gasteiger partial charge is 0.472 e. The summed E-state index contributed by atoms with van der Waals surface area (Å²) in [6, 6.07) is 2.64. The molecule has 0 saturated carbocycles. The summed E-state index contributed by atoms with van der Waals surface area (Å²) >= 11 is 0. The van der Waals surface area contributed by atoms with Crippen LogP contribution in [0.15, 0.2) is 24.3 Å². The van der Waals surface area contributed by atoms with Crippen LogP contribution in [0.1, 0.15) is 11.1 Å². The fourth-order valence-corrected chi connectivity index (χ4v) is 1.22. The van der Waals surface area contributed by atoms with Crippen LogP contribution in [0.5, 0.6) is 0 Å². The molecule has 0 unspecified atom stereocenters. The summed E-state index contributed by atoms with van der Waals surface area (Å²) in [5.74, 6) is -8.30. The lowest BCUT2D eigenvalue weighted by Crippen LogP contribution is -2.44. The van der Waals surface area contributed by atoms with Gasteiger partial charge >= 0.3 is 24.2 Å². The van der Waals surface area contributed by atoms with Gasteiger partial charge in [-0.05, 0) is 12.1 Å². The lowest BCUT2D eigenvalue weighted by molar-refractivity contribution is -0.270. The molecule has 108 valence electrons. The fourth-order valence-electron chi connectivity index (χ4n) is 1.22. The first-order chi connectivity index (χ1) is 9.09. The number of aliphatic carboxylic acids is 1. The molecule has 0 fully saturated rings. The molecule has 1 aromatic carbocycles. The topological polar surface area (TPSA) is 37.3 Å². The summed E-state index contributed by atoms with van der Waals surface area (Å²) in [5.41, 5.74) is -1.35. The first-order valence-corrected chi connectivity index (χ1v) is 4.98. The molecule has 1 aromatic rings. The van der Waals surface area contributed by atoms with E-state index < -0.39 is 29.8 Å². The molecular weight excluding hydrogens is 290 g/mol. The lowest BCUT2D eigenvalue weighted by atomic mass is 10.0. The van der Waals surface area contributed by atoms with E-state index in [9.17, 15) is 31.1 Å². The van der Waals surface area contributed by atoms with Gasteiger partial charge in [0.2, 0.25) is 0 Å². The predicted molar refractivity (Wildman–Crippen MR) is 55.8 cm³/mol. The highest BCUT2D eigenvalue weighted by atomic mass is 19.3. The van der Waals surface area contributed by atoms with Gasteiger partial charge < -0.3 is 5.11 Å². The molecule has 0 aliphatic heterocycles. The number of alkyl halides is 6. The number of hydrogen-bond donors (Lipinski definition) is 1. The van der Waals surface area contributed by atoms with Gasteiger partial charge in [0.05, 0.1) is 0 Å². The summed E-state index contributed by atoms with van der Waals surface area (Å²) in [4.78, 5) is 10.1. The van der Waals surface area contributed by atoms with Gasteiger partial charge in [0.15, 0.2) is 0 Å². The van der Waals surface area contributed by atoms with Gasteiger partial charge in [0.1, 0.15) is 0 Å². The van der Waals surface area contributed by atoms with Gasteiger partial charge in [-0.25, -0.2) is 13.6 Å². The zero-order valence-electron chi connectivity index (χ0n) is 9.51. The van der Waals surface area contributed by atoms with Crippen LogP contribution in [0.2, 0.25) is 0 Å². The van der Waals surface area contributed by atoms with E-state index in [0.717, 1.165) is 12.1 Å². The summed E-state index contributed by atoms with van der Waals surface area (Å²) in [6.07, 6.45) is -4.52. The SMILES string of the molecule is O=C(O)C#Cc1ccc(C(F)(F)C(F)(F)C(F)F)cc1. The molecule has 0 aromatic heterocycles. The molecule has 1 rings (SSSR count). The van der Waals surface area contributed by atoms with Crippen LogP contribution >= 0.6 is 0 Å². The first-order valence-electron chi connectivity index (χ1n) is 4.98. The Kier molecular flexibility index (Phi) is 4.33. The molecule has 1 N–H and O–H groups in total. The average Bonchev–Trinajstić information content (AvgIpc) is 2.36. The molecule has 8 heteroatoms. The molecule has 0 bridgehead atoms. The number of carboxylic acids is 1. The van der Waals surface area contributed by atoms with E-state index in [4.69, 9.17) is 5.11 Å². The van der Waals surface area contributed by atoms with Gasteiger partial charge in [0.25, 0.3) is 0 Å². The third kappa shape index (κ3) is 3.04. The van der Waals surface area contributed by atoms with Crippen molar-refractivity contribution >= 4 is 5.97 Å². The third-order valence-corrected chi connectivity index (χ3v) is 2.25. The Morgan fingerprint density at radius 3 is 2.00 bits per heavy atom. The van der Waals surface area contributed by atoms with Gasteiger partial charge in [-0.2, -0.15) is 17.6 Å². The second-order valence-electron chi connectivity index (χ2n) is 3.63. The number of carbonyl (C=O) groups is 1. The van der Waals surface area contributed by atoms with Crippen LogP contribution in [0.3, 0.4) is 0 Å². The van der Waals surface area contributed by atoms with E-state index in [-0.39, 0.29) is 5.56 Å². The van der Waals surface area contributed by atoms with Crippen molar-refractivity contribution in [2.24, 2.45) is 0 Å². The number of halogens is 6. The number of benzene rings is 1. The Bertz CT molecular complexity index is 554.